The number of halogens is 1. The van der Waals surface area contributed by atoms with Crippen molar-refractivity contribution < 1.29 is 9.47 Å². The molecule has 1 aromatic carbocycles. The number of hydrogen-bond donors (Lipinski definition) is 1. The lowest BCUT2D eigenvalue weighted by atomic mass is 10.3. The Morgan fingerprint density at radius 1 is 1.17 bits per heavy atom. The highest BCUT2D eigenvalue weighted by atomic mass is 35.5. The number of aryl methyl sites for hydroxylation is 1. The largest absolute Gasteiger partial charge is 0.454 e. The second-order valence-corrected chi connectivity index (χ2v) is 4.20. The number of benzene rings is 1. The first-order chi connectivity index (χ1) is 8.70. The summed E-state index contributed by atoms with van der Waals surface area (Å²) in [5, 5.41) is 3.55. The summed E-state index contributed by atoms with van der Waals surface area (Å²) in [4.78, 5) is 8.25. The molecule has 2 heterocycles. The van der Waals surface area contributed by atoms with Crippen molar-refractivity contribution in [2.24, 2.45) is 0 Å². The molecule has 0 aliphatic carbocycles. The summed E-state index contributed by atoms with van der Waals surface area (Å²) in [5.41, 5.74) is 0.855. The van der Waals surface area contributed by atoms with E-state index in [1.165, 1.54) is 0 Å². The Morgan fingerprint density at radius 3 is 2.83 bits per heavy atom. The van der Waals surface area contributed by atoms with Gasteiger partial charge in [0.1, 0.15) is 16.8 Å². The second kappa shape index (κ2) is 4.34. The maximum atomic E-state index is 5.87. The Morgan fingerprint density at radius 2 is 2.00 bits per heavy atom. The SMILES string of the molecule is Cc1nc(Cl)cc(Nc2ccc3c(c2)OCO3)n1. The van der Waals surface area contributed by atoms with Gasteiger partial charge >= 0.3 is 0 Å². The molecule has 3 rings (SSSR count). The summed E-state index contributed by atoms with van der Waals surface area (Å²) in [6, 6.07) is 7.26. The predicted octanol–water partition coefficient (Wildman–Crippen LogP) is 2.91. The van der Waals surface area contributed by atoms with Crippen LogP contribution < -0.4 is 14.8 Å². The van der Waals surface area contributed by atoms with E-state index in [-0.39, 0.29) is 6.79 Å². The Balaban J connectivity index is 1.88. The smallest absolute Gasteiger partial charge is 0.231 e. The van der Waals surface area contributed by atoms with Crippen molar-refractivity contribution in [2.45, 2.75) is 6.92 Å². The Kier molecular flexibility index (Phi) is 2.68. The normalized spacial score (nSPS) is 12.6. The van der Waals surface area contributed by atoms with Gasteiger partial charge in [-0.05, 0) is 19.1 Å². The van der Waals surface area contributed by atoms with Crippen molar-refractivity contribution >= 4 is 23.1 Å². The number of ether oxygens (including phenoxy) is 2. The Bertz CT molecular complexity index is 584. The van der Waals surface area contributed by atoms with Crippen molar-refractivity contribution in [3.63, 3.8) is 0 Å². The molecule has 0 fully saturated rings. The molecule has 0 radical (unpaired) electrons. The number of fused-ring (bicyclic) bond motifs is 1. The molecule has 18 heavy (non-hydrogen) atoms. The highest BCUT2D eigenvalue weighted by Gasteiger charge is 2.13. The summed E-state index contributed by atoms with van der Waals surface area (Å²) in [5.74, 6) is 2.73. The van der Waals surface area contributed by atoms with Gasteiger partial charge in [0.15, 0.2) is 11.5 Å². The number of hydrogen-bond acceptors (Lipinski definition) is 5. The van der Waals surface area contributed by atoms with Crippen molar-refractivity contribution in [3.05, 3.63) is 35.2 Å². The lowest BCUT2D eigenvalue weighted by Gasteiger charge is -2.07. The van der Waals surface area contributed by atoms with Gasteiger partial charge in [-0.25, -0.2) is 9.97 Å². The van der Waals surface area contributed by atoms with Gasteiger partial charge in [-0.1, -0.05) is 11.6 Å². The third-order valence-corrected chi connectivity index (χ3v) is 2.65. The number of aromatic nitrogens is 2. The minimum Gasteiger partial charge on any atom is -0.454 e. The van der Waals surface area contributed by atoms with E-state index in [2.05, 4.69) is 15.3 Å². The molecule has 92 valence electrons. The van der Waals surface area contributed by atoms with E-state index >= 15 is 0 Å². The van der Waals surface area contributed by atoms with Gasteiger partial charge in [0, 0.05) is 17.8 Å². The maximum absolute atomic E-state index is 5.87. The summed E-state index contributed by atoms with van der Waals surface area (Å²) < 4.78 is 10.5. The molecule has 0 bridgehead atoms. The van der Waals surface area contributed by atoms with E-state index in [1.807, 2.05) is 18.2 Å². The zero-order chi connectivity index (χ0) is 12.5. The van der Waals surface area contributed by atoms with E-state index in [4.69, 9.17) is 21.1 Å². The van der Waals surface area contributed by atoms with Gasteiger partial charge in [0.25, 0.3) is 0 Å². The van der Waals surface area contributed by atoms with Gasteiger partial charge in [-0.2, -0.15) is 0 Å². The first-order valence-corrected chi connectivity index (χ1v) is 5.76. The lowest BCUT2D eigenvalue weighted by Crippen LogP contribution is -1.97. The van der Waals surface area contributed by atoms with Crippen LogP contribution in [-0.2, 0) is 0 Å². The van der Waals surface area contributed by atoms with Crippen LogP contribution in [0.4, 0.5) is 11.5 Å². The average molecular weight is 264 g/mol. The fourth-order valence-corrected chi connectivity index (χ4v) is 1.94. The van der Waals surface area contributed by atoms with Gasteiger partial charge in [-0.15, -0.1) is 0 Å². The third kappa shape index (κ3) is 2.17. The van der Waals surface area contributed by atoms with Gasteiger partial charge in [0.2, 0.25) is 6.79 Å². The van der Waals surface area contributed by atoms with Crippen LogP contribution in [0.2, 0.25) is 5.15 Å². The van der Waals surface area contributed by atoms with Crippen LogP contribution >= 0.6 is 11.6 Å². The molecule has 6 heteroatoms. The zero-order valence-electron chi connectivity index (χ0n) is 9.61. The lowest BCUT2D eigenvalue weighted by molar-refractivity contribution is 0.174. The Hall–Kier alpha value is -2.01. The van der Waals surface area contributed by atoms with Crippen LogP contribution in [0, 0.1) is 6.92 Å². The fraction of sp³-hybridized carbons (Fsp3) is 0.167. The van der Waals surface area contributed by atoms with Gasteiger partial charge in [0.05, 0.1) is 0 Å². The van der Waals surface area contributed by atoms with Gasteiger partial charge < -0.3 is 14.8 Å². The molecule has 1 aliphatic heterocycles. The van der Waals surface area contributed by atoms with Crippen LogP contribution in [0.1, 0.15) is 5.82 Å². The quantitative estimate of drug-likeness (QED) is 0.845. The highest BCUT2D eigenvalue weighted by molar-refractivity contribution is 6.29. The van der Waals surface area contributed by atoms with E-state index in [1.54, 1.807) is 13.0 Å². The third-order valence-electron chi connectivity index (χ3n) is 2.45. The van der Waals surface area contributed by atoms with Crippen LogP contribution in [-0.4, -0.2) is 16.8 Å². The molecule has 5 nitrogen and oxygen atoms in total. The molecule has 0 saturated heterocycles. The highest BCUT2D eigenvalue weighted by Crippen LogP contribution is 2.34. The van der Waals surface area contributed by atoms with Crippen molar-refractivity contribution in [3.8, 4) is 11.5 Å². The summed E-state index contributed by atoms with van der Waals surface area (Å²) in [6.45, 7) is 2.05. The Labute approximate surface area is 109 Å². The van der Waals surface area contributed by atoms with Crippen molar-refractivity contribution in [1.29, 1.82) is 0 Å². The van der Waals surface area contributed by atoms with E-state index in [0.717, 1.165) is 17.2 Å². The maximum Gasteiger partial charge on any atom is 0.231 e. The molecule has 0 amide bonds. The number of anilines is 2. The molecule has 2 aromatic rings. The van der Waals surface area contributed by atoms with Crippen LogP contribution in [0.3, 0.4) is 0 Å². The van der Waals surface area contributed by atoms with Gasteiger partial charge in [-0.3, -0.25) is 0 Å². The molecular formula is C12H10ClN3O2. The molecule has 0 unspecified atom stereocenters. The molecule has 1 aromatic heterocycles. The fourth-order valence-electron chi connectivity index (χ4n) is 1.72. The van der Waals surface area contributed by atoms with Crippen molar-refractivity contribution in [2.75, 3.05) is 12.1 Å². The van der Waals surface area contributed by atoms with E-state index in [0.29, 0.717) is 16.8 Å². The average Bonchev–Trinajstić information content (AvgIpc) is 2.74. The number of nitrogens with zero attached hydrogens (tertiary/aromatic N) is 2. The summed E-state index contributed by atoms with van der Waals surface area (Å²) >= 11 is 5.87. The molecule has 1 aliphatic rings. The minimum atomic E-state index is 0.261. The van der Waals surface area contributed by atoms with Crippen LogP contribution in [0.15, 0.2) is 24.3 Å². The second-order valence-electron chi connectivity index (χ2n) is 3.82. The molecule has 0 atom stereocenters. The van der Waals surface area contributed by atoms with Crippen LogP contribution in [0.25, 0.3) is 0 Å². The van der Waals surface area contributed by atoms with E-state index < -0.39 is 0 Å². The summed E-state index contributed by atoms with van der Waals surface area (Å²) in [7, 11) is 0. The zero-order valence-corrected chi connectivity index (χ0v) is 10.4. The van der Waals surface area contributed by atoms with E-state index in [9.17, 15) is 0 Å². The molecule has 0 saturated carbocycles. The first kappa shape index (κ1) is 11.1. The topological polar surface area (TPSA) is 56.3 Å². The molecule has 0 spiro atoms. The standard InChI is InChI=1S/C12H10ClN3O2/c1-7-14-11(13)5-12(15-7)16-8-2-3-9-10(4-8)18-6-17-9/h2-5H,6H2,1H3,(H,14,15,16). The monoisotopic (exact) mass is 263 g/mol. The number of nitrogens with one attached hydrogen (secondary N) is 1. The minimum absolute atomic E-state index is 0.261. The first-order valence-electron chi connectivity index (χ1n) is 5.38. The van der Waals surface area contributed by atoms with Crippen LogP contribution in [0.5, 0.6) is 11.5 Å². The predicted molar refractivity (Wildman–Crippen MR) is 67.6 cm³/mol. The molecular weight excluding hydrogens is 254 g/mol. The number of rotatable bonds is 2. The summed E-state index contributed by atoms with van der Waals surface area (Å²) in [6.07, 6.45) is 0. The molecule has 1 N–H and O–H groups in total. The van der Waals surface area contributed by atoms with Crippen molar-refractivity contribution in [1.82, 2.24) is 9.97 Å².